The number of piperidine rings is 1. The van der Waals surface area contributed by atoms with Gasteiger partial charge in [0.05, 0.1) is 29.9 Å². The maximum Gasteiger partial charge on any atom is 0.255 e. The summed E-state index contributed by atoms with van der Waals surface area (Å²) in [5.41, 5.74) is 6.63. The van der Waals surface area contributed by atoms with Gasteiger partial charge in [0.15, 0.2) is 0 Å². The number of rotatable bonds is 23. The Bertz CT molecular complexity index is 2520. The Labute approximate surface area is 386 Å². The smallest absolute Gasteiger partial charge is 0.255 e. The van der Waals surface area contributed by atoms with Gasteiger partial charge in [0.2, 0.25) is 23.7 Å². The van der Waals surface area contributed by atoms with E-state index in [9.17, 15) is 19.2 Å². The molecule has 2 aliphatic heterocycles. The van der Waals surface area contributed by atoms with E-state index in [1.165, 1.54) is 44.6 Å². The lowest BCUT2D eigenvalue weighted by atomic mass is 10.0. The van der Waals surface area contributed by atoms with Crippen molar-refractivity contribution in [3.05, 3.63) is 96.8 Å². The number of methoxy groups -OCH3 is 1. The molecule has 1 atom stereocenters. The number of imide groups is 1. The van der Waals surface area contributed by atoms with E-state index in [0.29, 0.717) is 41.6 Å². The van der Waals surface area contributed by atoms with E-state index in [1.807, 2.05) is 56.6 Å². The van der Waals surface area contributed by atoms with Crippen LogP contribution in [0.4, 0.5) is 23.0 Å². The number of unbranched alkanes of at least 4 members (excludes halogenated alkanes) is 7. The third-order valence-corrected chi connectivity index (χ3v) is 13.5. The Balaban J connectivity index is 0.815. The summed E-state index contributed by atoms with van der Waals surface area (Å²) < 4.78 is 7.94. The molecule has 2 aliphatic rings. The van der Waals surface area contributed by atoms with Gasteiger partial charge in [-0.15, -0.1) is 11.8 Å². The van der Waals surface area contributed by atoms with Gasteiger partial charge in [-0.05, 0) is 80.6 Å². The number of amides is 4. The van der Waals surface area contributed by atoms with Crippen LogP contribution in [0.25, 0.3) is 22.2 Å². The standard InChI is InChI=1S/C50H61N9O5S/c1-6-46(60)52-39-30-40(54-50-51-25-24-38(53-50)36-32-58(4)41-20-14-13-18-34(36)41)44(64-5)31-43(39)57(3)28-27-56(2)26-15-11-9-7-8-10-12-16-29-65-45-21-17-19-35-37(45)33-59(49(35)63)42-22-23-47(61)55-48(42)62/h6,13-14,17-21,24-25,30-32,42H,1,7-12,15-16,22-23,26-29,33H2,2-5H3,(H,52,60)(H,51,53,54)(H,55,61,62). The van der Waals surface area contributed by atoms with Gasteiger partial charge in [0.1, 0.15) is 11.8 Å². The fourth-order valence-corrected chi connectivity index (χ4v) is 9.73. The number of carbonyl (C=O) groups excluding carboxylic acids is 4. The fraction of sp³-hybridized carbons (Fsp3) is 0.400. The number of nitrogens with one attached hydrogen (secondary N) is 3. The number of likely N-dealkylation sites (N-methyl/N-ethyl adjacent to an activating group) is 2. The van der Waals surface area contributed by atoms with Crippen molar-refractivity contribution in [1.29, 1.82) is 0 Å². The Kier molecular flexibility index (Phi) is 15.9. The maximum atomic E-state index is 13.1. The Hall–Kier alpha value is -6.19. The van der Waals surface area contributed by atoms with E-state index in [0.717, 1.165) is 76.5 Å². The van der Waals surface area contributed by atoms with Gasteiger partial charge >= 0.3 is 0 Å². The van der Waals surface area contributed by atoms with Gasteiger partial charge in [-0.25, -0.2) is 9.97 Å². The largest absolute Gasteiger partial charge is 0.494 e. The number of anilines is 4. The molecule has 0 spiro atoms. The molecule has 15 heteroatoms. The SMILES string of the molecule is C=CC(=O)Nc1cc(Nc2nccc(-c3cn(C)c4ccccc34)n2)c(OC)cc1N(C)CCN(C)CCCCCCCCCCSc1cccc2c1CN(C1CCC(=O)NC1=O)C2=O. The summed E-state index contributed by atoms with van der Waals surface area (Å²) in [7, 11) is 7.82. The van der Waals surface area contributed by atoms with Crippen molar-refractivity contribution in [1.82, 2.24) is 29.7 Å². The van der Waals surface area contributed by atoms with Crippen LogP contribution >= 0.6 is 11.8 Å². The fourth-order valence-electron chi connectivity index (χ4n) is 8.64. The Morgan fingerprint density at radius 3 is 2.48 bits per heavy atom. The van der Waals surface area contributed by atoms with Crippen LogP contribution in [0.15, 0.2) is 90.6 Å². The number of aryl methyl sites for hydroxylation is 1. The molecule has 3 aromatic carbocycles. The molecule has 4 amide bonds. The molecule has 0 bridgehead atoms. The minimum Gasteiger partial charge on any atom is -0.494 e. The minimum atomic E-state index is -0.590. The second-order valence-corrected chi connectivity index (χ2v) is 18.0. The van der Waals surface area contributed by atoms with Crippen molar-refractivity contribution < 1.29 is 23.9 Å². The maximum absolute atomic E-state index is 13.1. The van der Waals surface area contributed by atoms with E-state index < -0.39 is 6.04 Å². The Morgan fingerprint density at radius 1 is 0.938 bits per heavy atom. The number of para-hydroxylation sites is 1. The number of ether oxygens (including phenoxy) is 1. The molecule has 3 N–H and O–H groups in total. The van der Waals surface area contributed by atoms with Gasteiger partial charge in [-0.1, -0.05) is 69.4 Å². The number of benzene rings is 3. The molecule has 2 aromatic heterocycles. The van der Waals surface area contributed by atoms with Crippen LogP contribution in [-0.2, 0) is 28.0 Å². The molecule has 7 rings (SSSR count). The zero-order valence-corrected chi connectivity index (χ0v) is 38.8. The van der Waals surface area contributed by atoms with Crippen molar-refractivity contribution in [3.8, 4) is 17.0 Å². The van der Waals surface area contributed by atoms with Gasteiger partial charge < -0.3 is 34.6 Å². The first-order valence-electron chi connectivity index (χ1n) is 22.6. The van der Waals surface area contributed by atoms with E-state index in [4.69, 9.17) is 9.72 Å². The summed E-state index contributed by atoms with van der Waals surface area (Å²) in [6.07, 6.45) is 15.2. The number of carbonyl (C=O) groups is 4. The minimum absolute atomic E-state index is 0.122. The lowest BCUT2D eigenvalue weighted by Gasteiger charge is -2.29. The normalized spacial score (nSPS) is 14.8. The van der Waals surface area contributed by atoms with Crippen molar-refractivity contribution in [2.45, 2.75) is 81.7 Å². The van der Waals surface area contributed by atoms with Crippen LogP contribution in [0.5, 0.6) is 5.75 Å². The lowest BCUT2D eigenvalue weighted by Crippen LogP contribution is -2.52. The molecule has 14 nitrogen and oxygen atoms in total. The van der Waals surface area contributed by atoms with Crippen LogP contribution in [0.3, 0.4) is 0 Å². The lowest BCUT2D eigenvalue weighted by molar-refractivity contribution is -0.137. The van der Waals surface area contributed by atoms with Gasteiger partial charge in [0.25, 0.3) is 5.91 Å². The number of nitrogens with zero attached hydrogens (tertiary/aromatic N) is 6. The molecule has 4 heterocycles. The predicted octanol–water partition coefficient (Wildman–Crippen LogP) is 8.55. The average Bonchev–Trinajstić information content (AvgIpc) is 3.83. The first-order valence-corrected chi connectivity index (χ1v) is 23.6. The highest BCUT2D eigenvalue weighted by Crippen LogP contribution is 2.39. The molecule has 342 valence electrons. The van der Waals surface area contributed by atoms with Crippen LogP contribution in [-0.4, -0.2) is 101 Å². The monoisotopic (exact) mass is 899 g/mol. The Morgan fingerprint density at radius 2 is 1.71 bits per heavy atom. The molecule has 1 saturated heterocycles. The summed E-state index contributed by atoms with van der Waals surface area (Å²) in [5.74, 6) is 0.897. The van der Waals surface area contributed by atoms with Crippen LogP contribution in [0.1, 0.15) is 80.1 Å². The molecule has 0 radical (unpaired) electrons. The quantitative estimate of drug-likeness (QED) is 0.0250. The molecule has 0 aliphatic carbocycles. The zero-order chi connectivity index (χ0) is 45.9. The predicted molar refractivity (Wildman–Crippen MR) is 260 cm³/mol. The van der Waals surface area contributed by atoms with Gasteiger partial charge in [-0.2, -0.15) is 0 Å². The average molecular weight is 900 g/mol. The van der Waals surface area contributed by atoms with Crippen molar-refractivity contribution >= 4 is 69.3 Å². The summed E-state index contributed by atoms with van der Waals surface area (Å²) in [5, 5.41) is 9.80. The summed E-state index contributed by atoms with van der Waals surface area (Å²) in [6, 6.07) is 19.1. The van der Waals surface area contributed by atoms with Crippen molar-refractivity contribution in [3.63, 3.8) is 0 Å². The highest BCUT2D eigenvalue weighted by atomic mass is 32.2. The highest BCUT2D eigenvalue weighted by Gasteiger charge is 2.39. The van der Waals surface area contributed by atoms with Crippen LogP contribution in [0, 0.1) is 0 Å². The van der Waals surface area contributed by atoms with E-state index >= 15 is 0 Å². The van der Waals surface area contributed by atoms with E-state index in [1.54, 1.807) is 30.0 Å². The zero-order valence-electron chi connectivity index (χ0n) is 38.0. The van der Waals surface area contributed by atoms with E-state index in [-0.39, 0.29) is 30.0 Å². The summed E-state index contributed by atoms with van der Waals surface area (Å²) in [4.78, 5) is 66.4. The van der Waals surface area contributed by atoms with Crippen molar-refractivity contribution in [2.75, 3.05) is 62.1 Å². The van der Waals surface area contributed by atoms with Crippen LogP contribution in [0.2, 0.25) is 0 Å². The highest BCUT2D eigenvalue weighted by molar-refractivity contribution is 7.99. The van der Waals surface area contributed by atoms with E-state index in [2.05, 4.69) is 73.3 Å². The number of fused-ring (bicyclic) bond motifs is 2. The third kappa shape index (κ3) is 11.6. The number of thioether (sulfide) groups is 1. The topological polar surface area (TPSA) is 154 Å². The summed E-state index contributed by atoms with van der Waals surface area (Å²) >= 11 is 1.79. The van der Waals surface area contributed by atoms with Gasteiger partial charge in [-0.3, -0.25) is 24.5 Å². The van der Waals surface area contributed by atoms with Crippen molar-refractivity contribution in [2.24, 2.45) is 7.05 Å². The molecule has 65 heavy (non-hydrogen) atoms. The first kappa shape index (κ1) is 46.8. The number of hydrogen-bond acceptors (Lipinski definition) is 11. The molecule has 5 aromatic rings. The molecular formula is C50H61N9O5S. The first-order chi connectivity index (χ1) is 31.5. The second-order valence-electron chi connectivity index (χ2n) is 16.9. The molecule has 1 fully saturated rings. The number of aromatic nitrogens is 3. The van der Waals surface area contributed by atoms with Gasteiger partial charge in [0, 0.05) is 85.5 Å². The summed E-state index contributed by atoms with van der Waals surface area (Å²) in [6.45, 7) is 6.67. The second kappa shape index (κ2) is 22.1. The molecular weight excluding hydrogens is 839 g/mol. The molecule has 0 saturated carbocycles. The van der Waals surface area contributed by atoms with Crippen LogP contribution < -0.4 is 25.6 Å². The third-order valence-electron chi connectivity index (χ3n) is 12.3. The molecule has 1 unspecified atom stereocenters. The number of hydrogen-bond donors (Lipinski definition) is 3.